The molecule has 2 aromatic carbocycles. The second-order valence-electron chi connectivity index (χ2n) is 5.24. The number of halogens is 1. The number of benzene rings is 2. The van der Waals surface area contributed by atoms with Crippen LogP contribution in [0.4, 0.5) is 0 Å². The third kappa shape index (κ3) is 3.20. The number of fused-ring (bicyclic) bond motifs is 1. The van der Waals surface area contributed by atoms with Gasteiger partial charge in [-0.15, -0.1) is 0 Å². The summed E-state index contributed by atoms with van der Waals surface area (Å²) in [6.07, 6.45) is 4.80. The first-order valence-corrected chi connectivity index (χ1v) is 7.81. The van der Waals surface area contributed by atoms with E-state index >= 15 is 0 Å². The standard InChI is InChI=1S/C17H16ClNOS/c18-13-6-8-16(15(10-13)17(19)21)20-14-7-5-11-3-1-2-4-12(11)9-14/h5-10H,1-4H2,(H2,19,21). The normalized spacial score (nSPS) is 13.6. The molecule has 1 aliphatic carbocycles. The van der Waals surface area contributed by atoms with Crippen molar-refractivity contribution >= 4 is 28.8 Å². The molecule has 0 spiro atoms. The Bertz CT molecular complexity index is 699. The lowest BCUT2D eigenvalue weighted by molar-refractivity contribution is 0.480. The fourth-order valence-electron chi connectivity index (χ4n) is 2.68. The summed E-state index contributed by atoms with van der Waals surface area (Å²) in [6.45, 7) is 0. The molecule has 0 heterocycles. The summed E-state index contributed by atoms with van der Waals surface area (Å²) in [5.74, 6) is 1.46. The Balaban J connectivity index is 1.92. The van der Waals surface area contributed by atoms with E-state index in [1.807, 2.05) is 6.07 Å². The van der Waals surface area contributed by atoms with Crippen LogP contribution in [-0.2, 0) is 12.8 Å². The minimum Gasteiger partial charge on any atom is -0.457 e. The van der Waals surface area contributed by atoms with Gasteiger partial charge in [-0.1, -0.05) is 29.9 Å². The summed E-state index contributed by atoms with van der Waals surface area (Å²) in [5, 5.41) is 0.593. The van der Waals surface area contributed by atoms with E-state index in [1.165, 1.54) is 24.0 Å². The van der Waals surface area contributed by atoms with Gasteiger partial charge in [-0.3, -0.25) is 0 Å². The molecule has 0 radical (unpaired) electrons. The maximum atomic E-state index is 5.99. The average molecular weight is 318 g/mol. The van der Waals surface area contributed by atoms with Gasteiger partial charge in [0.1, 0.15) is 16.5 Å². The van der Waals surface area contributed by atoms with Gasteiger partial charge in [0.15, 0.2) is 0 Å². The Morgan fingerprint density at radius 3 is 2.57 bits per heavy atom. The fourth-order valence-corrected chi connectivity index (χ4v) is 3.02. The first kappa shape index (κ1) is 14.4. The van der Waals surface area contributed by atoms with Gasteiger partial charge < -0.3 is 10.5 Å². The highest BCUT2D eigenvalue weighted by molar-refractivity contribution is 7.80. The number of rotatable bonds is 3. The molecule has 0 amide bonds. The molecule has 108 valence electrons. The number of ether oxygens (including phenoxy) is 1. The number of hydrogen-bond donors (Lipinski definition) is 1. The van der Waals surface area contributed by atoms with Crippen molar-refractivity contribution in [2.45, 2.75) is 25.7 Å². The minimum absolute atomic E-state index is 0.283. The fraction of sp³-hybridized carbons (Fsp3) is 0.235. The lowest BCUT2D eigenvalue weighted by Gasteiger charge is -2.17. The highest BCUT2D eigenvalue weighted by Crippen LogP contribution is 2.31. The second-order valence-corrected chi connectivity index (χ2v) is 6.12. The first-order chi connectivity index (χ1) is 10.1. The highest BCUT2D eigenvalue weighted by atomic mass is 35.5. The van der Waals surface area contributed by atoms with E-state index in [-0.39, 0.29) is 4.99 Å². The summed E-state index contributed by atoms with van der Waals surface area (Å²) >= 11 is 11.0. The number of hydrogen-bond acceptors (Lipinski definition) is 2. The molecule has 4 heteroatoms. The molecule has 0 atom stereocenters. The Morgan fingerprint density at radius 2 is 1.81 bits per heavy atom. The van der Waals surface area contributed by atoms with E-state index < -0.39 is 0 Å². The number of aryl methyl sites for hydroxylation is 2. The summed E-state index contributed by atoms with van der Waals surface area (Å²) in [7, 11) is 0. The maximum absolute atomic E-state index is 5.99. The van der Waals surface area contributed by atoms with Gasteiger partial charge in [0.25, 0.3) is 0 Å². The molecule has 0 saturated carbocycles. The Kier molecular flexibility index (Phi) is 4.13. The van der Waals surface area contributed by atoms with Crippen molar-refractivity contribution in [3.63, 3.8) is 0 Å². The smallest absolute Gasteiger partial charge is 0.137 e. The van der Waals surface area contributed by atoms with Crippen LogP contribution in [0.15, 0.2) is 36.4 Å². The summed E-state index contributed by atoms with van der Waals surface area (Å²) < 4.78 is 5.97. The first-order valence-electron chi connectivity index (χ1n) is 7.02. The molecule has 0 saturated heterocycles. The zero-order chi connectivity index (χ0) is 14.8. The predicted molar refractivity (Wildman–Crippen MR) is 90.5 cm³/mol. The Labute approximate surface area is 134 Å². The summed E-state index contributed by atoms with van der Waals surface area (Å²) in [4.78, 5) is 0.283. The van der Waals surface area contributed by atoms with Crippen molar-refractivity contribution in [3.8, 4) is 11.5 Å². The molecule has 0 aromatic heterocycles. The van der Waals surface area contributed by atoms with Crippen LogP contribution in [0.2, 0.25) is 5.02 Å². The SMILES string of the molecule is NC(=S)c1cc(Cl)ccc1Oc1ccc2c(c1)CCCC2. The van der Waals surface area contributed by atoms with E-state index in [4.69, 9.17) is 34.3 Å². The highest BCUT2D eigenvalue weighted by Gasteiger charge is 2.12. The lowest BCUT2D eigenvalue weighted by Crippen LogP contribution is -2.11. The number of nitrogens with two attached hydrogens (primary N) is 1. The molecule has 0 fully saturated rings. The Morgan fingerprint density at radius 1 is 1.05 bits per heavy atom. The van der Waals surface area contributed by atoms with Crippen LogP contribution in [0, 0.1) is 0 Å². The van der Waals surface area contributed by atoms with E-state index in [2.05, 4.69) is 12.1 Å². The zero-order valence-electron chi connectivity index (χ0n) is 11.6. The summed E-state index contributed by atoms with van der Waals surface area (Å²) in [5.41, 5.74) is 9.21. The molecule has 2 N–H and O–H groups in total. The van der Waals surface area contributed by atoms with Crippen molar-refractivity contribution in [1.29, 1.82) is 0 Å². The van der Waals surface area contributed by atoms with Crippen LogP contribution in [0.1, 0.15) is 29.5 Å². The predicted octanol–water partition coefficient (Wildman–Crippen LogP) is 4.65. The van der Waals surface area contributed by atoms with Crippen LogP contribution >= 0.6 is 23.8 Å². The van der Waals surface area contributed by atoms with Crippen molar-refractivity contribution in [2.24, 2.45) is 5.73 Å². The topological polar surface area (TPSA) is 35.2 Å². The Hall–Kier alpha value is -1.58. The van der Waals surface area contributed by atoms with Crippen LogP contribution in [0.25, 0.3) is 0 Å². The van der Waals surface area contributed by atoms with E-state index in [1.54, 1.807) is 18.2 Å². The van der Waals surface area contributed by atoms with E-state index in [0.29, 0.717) is 16.3 Å². The molecule has 21 heavy (non-hydrogen) atoms. The molecular formula is C17H16ClNOS. The molecule has 2 aromatic rings. The minimum atomic E-state index is 0.283. The van der Waals surface area contributed by atoms with E-state index in [0.717, 1.165) is 18.6 Å². The van der Waals surface area contributed by atoms with Gasteiger partial charge in [0.05, 0.1) is 5.56 Å². The van der Waals surface area contributed by atoms with Crippen molar-refractivity contribution in [2.75, 3.05) is 0 Å². The molecule has 0 unspecified atom stereocenters. The summed E-state index contributed by atoms with van der Waals surface area (Å²) in [6, 6.07) is 11.6. The van der Waals surface area contributed by atoms with Gasteiger partial charge in [-0.05, 0) is 67.1 Å². The van der Waals surface area contributed by atoms with Gasteiger partial charge in [-0.2, -0.15) is 0 Å². The van der Waals surface area contributed by atoms with Crippen molar-refractivity contribution in [3.05, 3.63) is 58.1 Å². The third-order valence-corrected chi connectivity index (χ3v) is 4.21. The zero-order valence-corrected chi connectivity index (χ0v) is 13.1. The lowest BCUT2D eigenvalue weighted by atomic mass is 9.92. The molecule has 2 nitrogen and oxygen atoms in total. The molecular weight excluding hydrogens is 302 g/mol. The van der Waals surface area contributed by atoms with E-state index in [9.17, 15) is 0 Å². The largest absolute Gasteiger partial charge is 0.457 e. The quantitative estimate of drug-likeness (QED) is 0.837. The van der Waals surface area contributed by atoms with Gasteiger partial charge in [-0.25, -0.2) is 0 Å². The van der Waals surface area contributed by atoms with Gasteiger partial charge >= 0.3 is 0 Å². The van der Waals surface area contributed by atoms with Crippen molar-refractivity contribution < 1.29 is 4.74 Å². The monoisotopic (exact) mass is 317 g/mol. The van der Waals surface area contributed by atoms with Gasteiger partial charge in [0, 0.05) is 5.02 Å². The molecule has 0 aliphatic heterocycles. The average Bonchev–Trinajstić information content (AvgIpc) is 2.49. The van der Waals surface area contributed by atoms with Crippen LogP contribution in [-0.4, -0.2) is 4.99 Å². The van der Waals surface area contributed by atoms with Gasteiger partial charge in [0.2, 0.25) is 0 Å². The van der Waals surface area contributed by atoms with Crippen LogP contribution < -0.4 is 10.5 Å². The maximum Gasteiger partial charge on any atom is 0.137 e. The third-order valence-electron chi connectivity index (χ3n) is 3.75. The van der Waals surface area contributed by atoms with Crippen LogP contribution in [0.5, 0.6) is 11.5 Å². The second kappa shape index (κ2) is 6.04. The number of thiocarbonyl (C=S) groups is 1. The van der Waals surface area contributed by atoms with Crippen molar-refractivity contribution in [1.82, 2.24) is 0 Å². The molecule has 3 rings (SSSR count). The molecule has 1 aliphatic rings. The van der Waals surface area contributed by atoms with Crippen LogP contribution in [0.3, 0.4) is 0 Å². The molecule has 0 bridgehead atoms.